The summed E-state index contributed by atoms with van der Waals surface area (Å²) in [6.07, 6.45) is 0. The second-order valence-electron chi connectivity index (χ2n) is 3.67. The van der Waals surface area contributed by atoms with Crippen molar-refractivity contribution < 1.29 is 9.90 Å². The average Bonchev–Trinajstić information content (AvgIpc) is 2.90. The second kappa shape index (κ2) is 5.46. The quantitative estimate of drug-likeness (QED) is 0.655. The van der Waals surface area contributed by atoms with Gasteiger partial charge in [0.25, 0.3) is 0 Å². The Kier molecular flexibility index (Phi) is 3.74. The number of rotatable bonds is 4. The van der Waals surface area contributed by atoms with Crippen molar-refractivity contribution in [3.8, 4) is 0 Å². The average molecular weight is 260 g/mol. The highest BCUT2D eigenvalue weighted by Crippen LogP contribution is 2.13. The van der Waals surface area contributed by atoms with Crippen LogP contribution in [-0.4, -0.2) is 16.8 Å². The van der Waals surface area contributed by atoms with Gasteiger partial charge in [0, 0.05) is 4.88 Å². The standard InChI is InChI=1S/C13H12N2O2S/c1-9(12-6-3-7-18-12)14-15-11-5-2-4-10(8-11)13(16)17/h2-8,15H,1H3,(H,16,17)/b14-9+. The summed E-state index contributed by atoms with van der Waals surface area (Å²) in [6, 6.07) is 10.5. The predicted octanol–water partition coefficient (Wildman–Crippen LogP) is 3.28. The molecule has 0 aliphatic rings. The molecule has 0 radical (unpaired) electrons. The molecule has 2 rings (SSSR count). The SMILES string of the molecule is C/C(=N\Nc1cccc(C(=O)O)c1)c1cccs1. The molecule has 4 nitrogen and oxygen atoms in total. The first-order valence-electron chi connectivity index (χ1n) is 5.34. The fourth-order valence-electron chi connectivity index (χ4n) is 1.41. The van der Waals surface area contributed by atoms with Gasteiger partial charge in [0.15, 0.2) is 0 Å². The van der Waals surface area contributed by atoms with Gasteiger partial charge in [-0.25, -0.2) is 4.79 Å². The van der Waals surface area contributed by atoms with Gasteiger partial charge in [0.1, 0.15) is 0 Å². The molecule has 0 saturated carbocycles. The number of aromatic carboxylic acids is 1. The van der Waals surface area contributed by atoms with E-state index >= 15 is 0 Å². The molecule has 0 spiro atoms. The monoisotopic (exact) mass is 260 g/mol. The number of hydrogen-bond donors (Lipinski definition) is 2. The lowest BCUT2D eigenvalue weighted by molar-refractivity contribution is 0.0697. The van der Waals surface area contributed by atoms with Crippen LogP contribution in [0.15, 0.2) is 46.9 Å². The molecule has 0 bridgehead atoms. The third kappa shape index (κ3) is 2.95. The van der Waals surface area contributed by atoms with E-state index in [1.165, 1.54) is 0 Å². The molecule has 1 aromatic carbocycles. The van der Waals surface area contributed by atoms with Crippen molar-refractivity contribution in [1.29, 1.82) is 0 Å². The molecule has 18 heavy (non-hydrogen) atoms. The molecule has 0 unspecified atom stereocenters. The predicted molar refractivity (Wildman–Crippen MR) is 73.6 cm³/mol. The molecule has 0 fully saturated rings. The summed E-state index contributed by atoms with van der Waals surface area (Å²) in [6.45, 7) is 1.90. The van der Waals surface area contributed by atoms with E-state index < -0.39 is 5.97 Å². The molecule has 0 atom stereocenters. The van der Waals surface area contributed by atoms with Crippen molar-refractivity contribution in [2.75, 3.05) is 5.43 Å². The van der Waals surface area contributed by atoms with E-state index in [9.17, 15) is 4.79 Å². The lowest BCUT2D eigenvalue weighted by Gasteiger charge is -2.03. The lowest BCUT2D eigenvalue weighted by atomic mass is 10.2. The number of carbonyl (C=O) groups is 1. The fourth-order valence-corrected chi connectivity index (χ4v) is 2.09. The summed E-state index contributed by atoms with van der Waals surface area (Å²) in [5.74, 6) is -0.947. The number of nitrogens with one attached hydrogen (secondary N) is 1. The van der Waals surface area contributed by atoms with E-state index in [1.54, 1.807) is 35.6 Å². The minimum Gasteiger partial charge on any atom is -0.478 e. The molecule has 0 aliphatic heterocycles. The van der Waals surface area contributed by atoms with Gasteiger partial charge >= 0.3 is 5.97 Å². The first-order chi connectivity index (χ1) is 8.66. The number of nitrogens with zero attached hydrogens (tertiary/aromatic N) is 1. The van der Waals surface area contributed by atoms with E-state index in [0.29, 0.717) is 5.69 Å². The molecule has 0 aliphatic carbocycles. The largest absolute Gasteiger partial charge is 0.478 e. The van der Waals surface area contributed by atoms with Crippen LogP contribution in [0.5, 0.6) is 0 Å². The van der Waals surface area contributed by atoms with Crippen molar-refractivity contribution in [1.82, 2.24) is 0 Å². The van der Waals surface area contributed by atoms with Gasteiger partial charge in [-0.05, 0) is 36.6 Å². The third-order valence-corrected chi connectivity index (χ3v) is 3.32. The van der Waals surface area contributed by atoms with Gasteiger partial charge in [-0.2, -0.15) is 5.10 Å². The van der Waals surface area contributed by atoms with Crippen molar-refractivity contribution in [3.05, 3.63) is 52.2 Å². The van der Waals surface area contributed by atoms with Crippen LogP contribution in [0, 0.1) is 0 Å². The molecule has 1 heterocycles. The van der Waals surface area contributed by atoms with Crippen LogP contribution < -0.4 is 5.43 Å². The van der Waals surface area contributed by atoms with Gasteiger partial charge in [0.2, 0.25) is 0 Å². The van der Waals surface area contributed by atoms with Gasteiger partial charge < -0.3 is 5.11 Å². The van der Waals surface area contributed by atoms with E-state index in [1.807, 2.05) is 24.4 Å². The third-order valence-electron chi connectivity index (χ3n) is 2.34. The zero-order valence-corrected chi connectivity index (χ0v) is 10.6. The van der Waals surface area contributed by atoms with Crippen LogP contribution in [0.25, 0.3) is 0 Å². The number of anilines is 1. The minimum atomic E-state index is -0.947. The maximum Gasteiger partial charge on any atom is 0.335 e. The Morgan fingerprint density at radius 1 is 1.33 bits per heavy atom. The van der Waals surface area contributed by atoms with Crippen LogP contribution in [0.3, 0.4) is 0 Å². The summed E-state index contributed by atoms with van der Waals surface area (Å²) >= 11 is 1.61. The van der Waals surface area contributed by atoms with E-state index in [4.69, 9.17) is 5.11 Å². The zero-order chi connectivity index (χ0) is 13.0. The van der Waals surface area contributed by atoms with Gasteiger partial charge in [0.05, 0.1) is 17.0 Å². The van der Waals surface area contributed by atoms with Crippen molar-refractivity contribution >= 4 is 28.7 Å². The van der Waals surface area contributed by atoms with Crippen LogP contribution >= 0.6 is 11.3 Å². The highest BCUT2D eigenvalue weighted by Gasteiger charge is 2.03. The molecule has 0 amide bonds. The summed E-state index contributed by atoms with van der Waals surface area (Å²) in [4.78, 5) is 11.9. The molecule has 1 aromatic heterocycles. The number of carboxylic acid groups (broad SMARTS) is 1. The number of hydrazone groups is 1. The number of hydrogen-bond acceptors (Lipinski definition) is 4. The number of benzene rings is 1. The Balaban J connectivity index is 2.13. The topological polar surface area (TPSA) is 61.7 Å². The van der Waals surface area contributed by atoms with E-state index in [-0.39, 0.29) is 5.56 Å². The van der Waals surface area contributed by atoms with Gasteiger partial charge in [-0.15, -0.1) is 11.3 Å². The molecule has 92 valence electrons. The normalized spacial score (nSPS) is 11.3. The summed E-state index contributed by atoms with van der Waals surface area (Å²) in [7, 11) is 0. The van der Waals surface area contributed by atoms with Gasteiger partial charge in [-0.1, -0.05) is 12.1 Å². The molecular weight excluding hydrogens is 248 g/mol. The van der Waals surface area contributed by atoms with Crippen molar-refractivity contribution in [3.63, 3.8) is 0 Å². The Morgan fingerprint density at radius 2 is 2.17 bits per heavy atom. The molecule has 0 saturated heterocycles. The van der Waals surface area contributed by atoms with Crippen LogP contribution in [0.2, 0.25) is 0 Å². The molecule has 2 N–H and O–H groups in total. The fraction of sp³-hybridized carbons (Fsp3) is 0.0769. The summed E-state index contributed by atoms with van der Waals surface area (Å²) in [5, 5.41) is 15.1. The minimum absolute atomic E-state index is 0.240. The maximum absolute atomic E-state index is 10.8. The second-order valence-corrected chi connectivity index (χ2v) is 4.62. The summed E-state index contributed by atoms with van der Waals surface area (Å²) < 4.78 is 0. The molecule has 2 aromatic rings. The molecular formula is C13H12N2O2S. The van der Waals surface area contributed by atoms with Crippen LogP contribution in [-0.2, 0) is 0 Å². The van der Waals surface area contributed by atoms with Crippen LogP contribution in [0.1, 0.15) is 22.2 Å². The first-order valence-corrected chi connectivity index (χ1v) is 6.22. The Morgan fingerprint density at radius 3 is 2.83 bits per heavy atom. The Labute approximate surface area is 109 Å². The summed E-state index contributed by atoms with van der Waals surface area (Å²) in [5.41, 5.74) is 4.62. The number of thiophene rings is 1. The Bertz CT molecular complexity index is 576. The van der Waals surface area contributed by atoms with Crippen LogP contribution in [0.4, 0.5) is 5.69 Å². The van der Waals surface area contributed by atoms with Crippen molar-refractivity contribution in [2.24, 2.45) is 5.10 Å². The highest BCUT2D eigenvalue weighted by atomic mass is 32.1. The van der Waals surface area contributed by atoms with Gasteiger partial charge in [-0.3, -0.25) is 5.43 Å². The van der Waals surface area contributed by atoms with Crippen molar-refractivity contribution in [2.45, 2.75) is 6.92 Å². The lowest BCUT2D eigenvalue weighted by Crippen LogP contribution is -2.00. The van der Waals surface area contributed by atoms with E-state index in [0.717, 1.165) is 10.6 Å². The maximum atomic E-state index is 10.8. The smallest absolute Gasteiger partial charge is 0.335 e. The zero-order valence-electron chi connectivity index (χ0n) is 9.75. The van der Waals surface area contributed by atoms with E-state index in [2.05, 4.69) is 10.5 Å². The Hall–Kier alpha value is -2.14. The number of carboxylic acids is 1. The highest BCUT2D eigenvalue weighted by molar-refractivity contribution is 7.12. The first kappa shape index (κ1) is 12.3. The molecule has 5 heteroatoms.